The number of carbonyl (C=O) groups is 1. The lowest BCUT2D eigenvalue weighted by Gasteiger charge is -2.07. The second kappa shape index (κ2) is 12.2. The largest absolute Gasteiger partial charge is 0.383 e. The van der Waals surface area contributed by atoms with Gasteiger partial charge in [-0.2, -0.15) is 0 Å². The minimum atomic E-state index is -0.128. The quantitative estimate of drug-likeness (QED) is 0.743. The maximum atomic E-state index is 11.7. The van der Waals surface area contributed by atoms with E-state index >= 15 is 0 Å². The SMILES string of the molecule is COCCNCCNC(=O)c1ncccc1C.Cl.Cl. The molecular weight excluding hydrogens is 289 g/mol. The zero-order valence-corrected chi connectivity index (χ0v) is 12.8. The molecule has 110 valence electrons. The van der Waals surface area contributed by atoms with Crippen LogP contribution in [-0.4, -0.2) is 44.2 Å². The number of nitrogens with one attached hydrogen (secondary N) is 2. The van der Waals surface area contributed by atoms with E-state index in [1.165, 1.54) is 0 Å². The van der Waals surface area contributed by atoms with Crippen LogP contribution in [0.4, 0.5) is 0 Å². The average molecular weight is 310 g/mol. The van der Waals surface area contributed by atoms with Crippen LogP contribution >= 0.6 is 24.8 Å². The van der Waals surface area contributed by atoms with Gasteiger partial charge in [0.25, 0.3) is 5.91 Å². The summed E-state index contributed by atoms with van der Waals surface area (Å²) >= 11 is 0. The number of aromatic nitrogens is 1. The Hall–Kier alpha value is -0.880. The van der Waals surface area contributed by atoms with E-state index in [9.17, 15) is 4.79 Å². The molecule has 1 amide bonds. The van der Waals surface area contributed by atoms with Crippen LogP contribution in [0.25, 0.3) is 0 Å². The molecule has 0 aliphatic rings. The first-order valence-electron chi connectivity index (χ1n) is 5.65. The number of ether oxygens (including phenoxy) is 1. The topological polar surface area (TPSA) is 63.2 Å². The van der Waals surface area contributed by atoms with Gasteiger partial charge in [0.2, 0.25) is 0 Å². The Morgan fingerprint density at radius 2 is 2.05 bits per heavy atom. The molecule has 1 aromatic heterocycles. The number of pyridine rings is 1. The van der Waals surface area contributed by atoms with Gasteiger partial charge in [-0.1, -0.05) is 6.07 Å². The fourth-order valence-electron chi connectivity index (χ4n) is 1.37. The van der Waals surface area contributed by atoms with Crippen LogP contribution in [0.15, 0.2) is 18.3 Å². The van der Waals surface area contributed by atoms with Gasteiger partial charge >= 0.3 is 0 Å². The lowest BCUT2D eigenvalue weighted by Crippen LogP contribution is -2.33. The normalized spacial score (nSPS) is 9.16. The lowest BCUT2D eigenvalue weighted by molar-refractivity contribution is 0.0948. The van der Waals surface area contributed by atoms with Gasteiger partial charge in [-0.15, -0.1) is 24.8 Å². The van der Waals surface area contributed by atoms with Crippen molar-refractivity contribution in [3.05, 3.63) is 29.6 Å². The van der Waals surface area contributed by atoms with E-state index in [0.717, 1.165) is 18.7 Å². The smallest absolute Gasteiger partial charge is 0.270 e. The molecule has 7 heteroatoms. The minimum Gasteiger partial charge on any atom is -0.383 e. The highest BCUT2D eigenvalue weighted by molar-refractivity contribution is 5.93. The van der Waals surface area contributed by atoms with Gasteiger partial charge in [0, 0.05) is 32.9 Å². The van der Waals surface area contributed by atoms with E-state index in [4.69, 9.17) is 4.74 Å². The number of nitrogens with zero attached hydrogens (tertiary/aromatic N) is 1. The fourth-order valence-corrected chi connectivity index (χ4v) is 1.37. The number of halogens is 2. The van der Waals surface area contributed by atoms with Crippen molar-refractivity contribution in [1.82, 2.24) is 15.6 Å². The summed E-state index contributed by atoms with van der Waals surface area (Å²) in [7, 11) is 1.66. The predicted octanol–water partition coefficient (Wildman–Crippen LogP) is 1.20. The standard InChI is InChI=1S/C12H19N3O2.2ClH/c1-10-4-3-5-14-11(10)12(16)15-7-6-13-8-9-17-2;;/h3-5,13H,6-9H2,1-2H3,(H,15,16);2*1H. The number of carbonyl (C=O) groups excluding carboxylic acids is 1. The molecule has 0 spiro atoms. The summed E-state index contributed by atoms with van der Waals surface area (Å²) in [6.07, 6.45) is 1.62. The van der Waals surface area contributed by atoms with Gasteiger partial charge < -0.3 is 15.4 Å². The summed E-state index contributed by atoms with van der Waals surface area (Å²) in [5.41, 5.74) is 1.38. The van der Waals surface area contributed by atoms with E-state index in [-0.39, 0.29) is 30.7 Å². The first-order chi connectivity index (χ1) is 8.25. The molecule has 19 heavy (non-hydrogen) atoms. The molecule has 1 rings (SSSR count). The Morgan fingerprint density at radius 1 is 1.32 bits per heavy atom. The molecule has 1 aromatic rings. The summed E-state index contributed by atoms with van der Waals surface area (Å²) in [4.78, 5) is 15.8. The third-order valence-corrected chi connectivity index (χ3v) is 2.29. The summed E-state index contributed by atoms with van der Waals surface area (Å²) in [5, 5.41) is 5.96. The third-order valence-electron chi connectivity index (χ3n) is 2.29. The second-order valence-corrected chi connectivity index (χ2v) is 3.67. The van der Waals surface area contributed by atoms with Crippen LogP contribution in [0.1, 0.15) is 16.1 Å². The van der Waals surface area contributed by atoms with E-state index in [1.54, 1.807) is 13.3 Å². The molecule has 0 fully saturated rings. The Balaban J connectivity index is 0. The van der Waals surface area contributed by atoms with Crippen LogP contribution in [0, 0.1) is 6.92 Å². The van der Waals surface area contributed by atoms with Crippen LogP contribution in [0.5, 0.6) is 0 Å². The van der Waals surface area contributed by atoms with Crippen molar-refractivity contribution < 1.29 is 9.53 Å². The van der Waals surface area contributed by atoms with Crippen LogP contribution in [-0.2, 0) is 4.74 Å². The molecule has 0 aliphatic heterocycles. The van der Waals surface area contributed by atoms with Crippen molar-refractivity contribution in [1.29, 1.82) is 0 Å². The number of hydrogen-bond acceptors (Lipinski definition) is 4. The Morgan fingerprint density at radius 3 is 2.68 bits per heavy atom. The number of rotatable bonds is 7. The van der Waals surface area contributed by atoms with Gasteiger partial charge in [-0.25, -0.2) is 0 Å². The summed E-state index contributed by atoms with van der Waals surface area (Å²) in [6.45, 7) is 4.64. The van der Waals surface area contributed by atoms with Gasteiger partial charge in [0.05, 0.1) is 6.61 Å². The Kier molecular flexibility index (Phi) is 13.1. The van der Waals surface area contributed by atoms with Gasteiger partial charge in [0.1, 0.15) is 5.69 Å². The highest BCUT2D eigenvalue weighted by atomic mass is 35.5. The second-order valence-electron chi connectivity index (χ2n) is 3.67. The first-order valence-corrected chi connectivity index (χ1v) is 5.65. The summed E-state index contributed by atoms with van der Waals surface area (Å²) in [6, 6.07) is 3.69. The maximum Gasteiger partial charge on any atom is 0.270 e. The number of hydrogen-bond donors (Lipinski definition) is 2. The van der Waals surface area contributed by atoms with Crippen molar-refractivity contribution in [2.75, 3.05) is 33.4 Å². The molecule has 5 nitrogen and oxygen atoms in total. The summed E-state index contributed by atoms with van der Waals surface area (Å²) in [5.74, 6) is -0.128. The zero-order valence-electron chi connectivity index (χ0n) is 11.1. The van der Waals surface area contributed by atoms with E-state index in [2.05, 4.69) is 15.6 Å². The molecule has 1 heterocycles. The molecule has 0 bridgehead atoms. The first kappa shape index (κ1) is 20.4. The van der Waals surface area contributed by atoms with Gasteiger partial charge in [-0.3, -0.25) is 9.78 Å². The average Bonchev–Trinajstić information content (AvgIpc) is 2.34. The van der Waals surface area contributed by atoms with Crippen molar-refractivity contribution in [3.63, 3.8) is 0 Å². The number of aryl methyl sites for hydroxylation is 1. The van der Waals surface area contributed by atoms with E-state index in [0.29, 0.717) is 18.8 Å². The van der Waals surface area contributed by atoms with E-state index in [1.807, 2.05) is 19.1 Å². The highest BCUT2D eigenvalue weighted by Gasteiger charge is 2.08. The zero-order chi connectivity index (χ0) is 12.5. The molecule has 2 N–H and O–H groups in total. The van der Waals surface area contributed by atoms with Crippen LogP contribution in [0.3, 0.4) is 0 Å². The molecule has 0 radical (unpaired) electrons. The van der Waals surface area contributed by atoms with Gasteiger partial charge in [0.15, 0.2) is 0 Å². The van der Waals surface area contributed by atoms with Crippen molar-refractivity contribution in [3.8, 4) is 0 Å². The minimum absolute atomic E-state index is 0. The van der Waals surface area contributed by atoms with E-state index < -0.39 is 0 Å². The van der Waals surface area contributed by atoms with Crippen molar-refractivity contribution >= 4 is 30.7 Å². The molecular formula is C12H21Cl2N3O2. The molecule has 0 aromatic carbocycles. The highest BCUT2D eigenvalue weighted by Crippen LogP contribution is 2.01. The van der Waals surface area contributed by atoms with Crippen LogP contribution < -0.4 is 10.6 Å². The molecule has 0 saturated carbocycles. The Bertz CT molecular complexity index is 365. The van der Waals surface area contributed by atoms with Crippen LogP contribution in [0.2, 0.25) is 0 Å². The molecule has 0 atom stereocenters. The summed E-state index contributed by atoms with van der Waals surface area (Å²) < 4.78 is 4.89. The lowest BCUT2D eigenvalue weighted by atomic mass is 10.2. The molecule has 0 aliphatic carbocycles. The third kappa shape index (κ3) is 8.00. The predicted molar refractivity (Wildman–Crippen MR) is 80.5 cm³/mol. The number of methoxy groups -OCH3 is 1. The number of amides is 1. The molecule has 0 unspecified atom stereocenters. The maximum absolute atomic E-state index is 11.7. The van der Waals surface area contributed by atoms with Crippen molar-refractivity contribution in [2.24, 2.45) is 0 Å². The molecule has 0 saturated heterocycles. The Labute approximate surface area is 126 Å². The monoisotopic (exact) mass is 309 g/mol. The van der Waals surface area contributed by atoms with Gasteiger partial charge in [-0.05, 0) is 18.6 Å². The van der Waals surface area contributed by atoms with Crippen molar-refractivity contribution in [2.45, 2.75) is 6.92 Å². The fraction of sp³-hybridized carbons (Fsp3) is 0.500.